The molecule has 0 aromatic heterocycles. The minimum atomic E-state index is -0.593. The Bertz CT molecular complexity index is 796. The van der Waals surface area contributed by atoms with Crippen LogP contribution in [0.25, 0.3) is 0 Å². The van der Waals surface area contributed by atoms with E-state index in [4.69, 9.17) is 16.3 Å². The molecule has 130 valence electrons. The molecule has 1 unspecified atom stereocenters. The zero-order valence-corrected chi connectivity index (χ0v) is 15.3. The predicted octanol–water partition coefficient (Wildman–Crippen LogP) is 4.41. The summed E-state index contributed by atoms with van der Waals surface area (Å²) >= 11 is 7.75. The standard InChI is InChI=1S/C19H18ClNO3S/c1-13-10-11-21(16-8-4-5-9-17(16)25-13)18(22)12-24-19(23)14-6-2-3-7-15(14)20/h2-9,13H,10-12H2,1H3. The lowest BCUT2D eigenvalue weighted by atomic mass is 10.2. The number of anilines is 1. The molecule has 25 heavy (non-hydrogen) atoms. The van der Waals surface area contributed by atoms with E-state index in [2.05, 4.69) is 6.92 Å². The number of rotatable bonds is 3. The fourth-order valence-corrected chi connectivity index (χ4v) is 3.98. The van der Waals surface area contributed by atoms with Gasteiger partial charge < -0.3 is 9.64 Å². The van der Waals surface area contributed by atoms with E-state index in [1.165, 1.54) is 0 Å². The third-order valence-electron chi connectivity index (χ3n) is 3.96. The molecule has 0 spiro atoms. The van der Waals surface area contributed by atoms with Crippen LogP contribution in [-0.2, 0) is 9.53 Å². The number of carbonyl (C=O) groups is 2. The molecule has 1 aliphatic heterocycles. The van der Waals surface area contributed by atoms with Crippen molar-refractivity contribution in [2.45, 2.75) is 23.5 Å². The van der Waals surface area contributed by atoms with Crippen molar-refractivity contribution in [3.8, 4) is 0 Å². The first kappa shape index (κ1) is 17.8. The summed E-state index contributed by atoms with van der Waals surface area (Å²) in [6, 6.07) is 14.4. The molecule has 2 aromatic carbocycles. The van der Waals surface area contributed by atoms with Gasteiger partial charge in [-0.3, -0.25) is 4.79 Å². The number of ether oxygens (including phenoxy) is 1. The fraction of sp³-hybridized carbons (Fsp3) is 0.263. The van der Waals surface area contributed by atoms with Crippen molar-refractivity contribution < 1.29 is 14.3 Å². The summed E-state index contributed by atoms with van der Waals surface area (Å²) in [5.41, 5.74) is 1.13. The lowest BCUT2D eigenvalue weighted by Gasteiger charge is -2.22. The van der Waals surface area contributed by atoms with Crippen molar-refractivity contribution in [2.75, 3.05) is 18.1 Å². The molecule has 1 atom stereocenters. The third-order valence-corrected chi connectivity index (χ3v) is 5.53. The van der Waals surface area contributed by atoms with Gasteiger partial charge in [-0.2, -0.15) is 0 Å². The van der Waals surface area contributed by atoms with E-state index in [1.807, 2.05) is 24.3 Å². The Morgan fingerprint density at radius 2 is 1.92 bits per heavy atom. The van der Waals surface area contributed by atoms with Gasteiger partial charge in [0.15, 0.2) is 6.61 Å². The van der Waals surface area contributed by atoms with Crippen LogP contribution in [0, 0.1) is 0 Å². The van der Waals surface area contributed by atoms with Crippen molar-refractivity contribution >= 4 is 40.9 Å². The Balaban J connectivity index is 1.71. The maximum Gasteiger partial charge on any atom is 0.340 e. The molecule has 1 amide bonds. The summed E-state index contributed by atoms with van der Waals surface area (Å²) < 4.78 is 5.19. The van der Waals surface area contributed by atoms with Gasteiger partial charge in [0, 0.05) is 16.7 Å². The number of benzene rings is 2. The Morgan fingerprint density at radius 3 is 2.72 bits per heavy atom. The first-order valence-electron chi connectivity index (χ1n) is 8.04. The van der Waals surface area contributed by atoms with Gasteiger partial charge in [0.05, 0.1) is 16.3 Å². The first-order chi connectivity index (χ1) is 12.1. The number of nitrogens with zero attached hydrogens (tertiary/aromatic N) is 1. The normalized spacial score (nSPS) is 16.7. The number of fused-ring (bicyclic) bond motifs is 1. The number of esters is 1. The van der Waals surface area contributed by atoms with Gasteiger partial charge in [0.1, 0.15) is 0 Å². The summed E-state index contributed by atoms with van der Waals surface area (Å²) in [5, 5.41) is 0.731. The minimum absolute atomic E-state index is 0.234. The van der Waals surface area contributed by atoms with Gasteiger partial charge >= 0.3 is 5.97 Å². The van der Waals surface area contributed by atoms with Crippen LogP contribution in [0.5, 0.6) is 0 Å². The average molecular weight is 376 g/mol. The molecular formula is C19H18ClNO3S. The van der Waals surface area contributed by atoms with Gasteiger partial charge in [-0.1, -0.05) is 42.8 Å². The molecule has 2 aromatic rings. The monoisotopic (exact) mass is 375 g/mol. The topological polar surface area (TPSA) is 46.6 Å². The van der Waals surface area contributed by atoms with Gasteiger partial charge in [-0.25, -0.2) is 4.79 Å². The fourth-order valence-electron chi connectivity index (χ4n) is 2.66. The lowest BCUT2D eigenvalue weighted by molar-refractivity contribution is -0.121. The molecule has 6 heteroatoms. The van der Waals surface area contributed by atoms with Crippen molar-refractivity contribution in [1.29, 1.82) is 0 Å². The molecule has 0 bridgehead atoms. The van der Waals surface area contributed by atoms with Crippen LogP contribution >= 0.6 is 23.4 Å². The summed E-state index contributed by atoms with van der Waals surface area (Å²) in [6.45, 7) is 2.44. The SMILES string of the molecule is CC1CCN(C(=O)COC(=O)c2ccccc2Cl)c2ccccc2S1. The molecule has 0 aliphatic carbocycles. The van der Waals surface area contributed by atoms with Crippen LogP contribution in [0.4, 0.5) is 5.69 Å². The van der Waals surface area contributed by atoms with Gasteiger partial charge in [0.25, 0.3) is 5.91 Å². The van der Waals surface area contributed by atoms with Gasteiger partial charge in [-0.15, -0.1) is 11.8 Å². The molecule has 0 fully saturated rings. The van der Waals surface area contributed by atoms with Crippen LogP contribution < -0.4 is 4.90 Å². The number of halogens is 1. The van der Waals surface area contributed by atoms with Crippen LogP contribution in [0.3, 0.4) is 0 Å². The first-order valence-corrected chi connectivity index (χ1v) is 9.29. The molecule has 0 saturated carbocycles. The average Bonchev–Trinajstić information content (AvgIpc) is 2.78. The highest BCUT2D eigenvalue weighted by atomic mass is 35.5. The number of thioether (sulfide) groups is 1. The summed E-state index contributed by atoms with van der Waals surface area (Å²) in [6.07, 6.45) is 0.879. The van der Waals surface area contributed by atoms with Gasteiger partial charge in [0.2, 0.25) is 0 Å². The van der Waals surface area contributed by atoms with Gasteiger partial charge in [-0.05, 0) is 30.7 Å². The highest BCUT2D eigenvalue weighted by Crippen LogP contribution is 2.37. The Morgan fingerprint density at radius 1 is 1.20 bits per heavy atom. The molecule has 4 nitrogen and oxygen atoms in total. The minimum Gasteiger partial charge on any atom is -0.452 e. The number of carbonyl (C=O) groups excluding carboxylic acids is 2. The molecule has 3 rings (SSSR count). The van der Waals surface area contributed by atoms with E-state index in [1.54, 1.807) is 40.9 Å². The molecule has 1 aliphatic rings. The van der Waals surface area contributed by atoms with E-state index in [-0.39, 0.29) is 18.1 Å². The number of hydrogen-bond acceptors (Lipinski definition) is 4. The molecule has 0 saturated heterocycles. The van der Waals surface area contributed by atoms with Crippen LogP contribution in [0.15, 0.2) is 53.4 Å². The van der Waals surface area contributed by atoms with E-state index in [0.717, 1.165) is 17.0 Å². The highest BCUT2D eigenvalue weighted by molar-refractivity contribution is 8.00. The van der Waals surface area contributed by atoms with Crippen LogP contribution in [-0.4, -0.2) is 30.3 Å². The summed E-state index contributed by atoms with van der Waals surface area (Å²) in [4.78, 5) is 27.6. The predicted molar refractivity (Wildman–Crippen MR) is 100 cm³/mol. The van der Waals surface area contributed by atoms with E-state index >= 15 is 0 Å². The lowest BCUT2D eigenvalue weighted by Crippen LogP contribution is -2.35. The van der Waals surface area contributed by atoms with Crippen molar-refractivity contribution in [1.82, 2.24) is 0 Å². The van der Waals surface area contributed by atoms with E-state index in [9.17, 15) is 9.59 Å². The van der Waals surface area contributed by atoms with E-state index in [0.29, 0.717) is 16.8 Å². The highest BCUT2D eigenvalue weighted by Gasteiger charge is 2.25. The second kappa shape index (κ2) is 7.93. The second-order valence-electron chi connectivity index (χ2n) is 5.79. The maximum atomic E-state index is 12.6. The maximum absolute atomic E-state index is 12.6. The molecule has 1 heterocycles. The number of para-hydroxylation sites is 1. The summed E-state index contributed by atoms with van der Waals surface area (Å²) in [5.74, 6) is -0.827. The molecule has 0 N–H and O–H groups in total. The number of amides is 1. The second-order valence-corrected chi connectivity index (χ2v) is 7.67. The Kier molecular flexibility index (Phi) is 5.66. The molecule has 0 radical (unpaired) electrons. The zero-order chi connectivity index (χ0) is 17.8. The third kappa shape index (κ3) is 4.17. The zero-order valence-electron chi connectivity index (χ0n) is 13.8. The largest absolute Gasteiger partial charge is 0.452 e. The van der Waals surface area contributed by atoms with Crippen LogP contribution in [0.2, 0.25) is 5.02 Å². The molecular weight excluding hydrogens is 358 g/mol. The number of hydrogen-bond donors (Lipinski definition) is 0. The Labute approximate surface area is 156 Å². The smallest absolute Gasteiger partial charge is 0.340 e. The van der Waals surface area contributed by atoms with E-state index < -0.39 is 5.97 Å². The van der Waals surface area contributed by atoms with Crippen molar-refractivity contribution in [2.24, 2.45) is 0 Å². The van der Waals surface area contributed by atoms with Crippen LogP contribution in [0.1, 0.15) is 23.7 Å². The van der Waals surface area contributed by atoms with Crippen molar-refractivity contribution in [3.05, 3.63) is 59.1 Å². The summed E-state index contributed by atoms with van der Waals surface area (Å²) in [7, 11) is 0. The quantitative estimate of drug-likeness (QED) is 0.745. The Hall–Kier alpha value is -1.98. The van der Waals surface area contributed by atoms with Crippen molar-refractivity contribution in [3.63, 3.8) is 0 Å².